The van der Waals surface area contributed by atoms with Crippen molar-refractivity contribution in [2.45, 2.75) is 54.4 Å². The summed E-state index contributed by atoms with van der Waals surface area (Å²) in [6.07, 6.45) is -12.2. The van der Waals surface area contributed by atoms with E-state index < -0.39 is 80.9 Å². The molecule has 0 heterocycles. The van der Waals surface area contributed by atoms with Gasteiger partial charge in [-0.05, 0) is 0 Å². The lowest BCUT2D eigenvalue weighted by atomic mass is 10.1. The van der Waals surface area contributed by atoms with Crippen molar-refractivity contribution in [3.8, 4) is 0 Å². The van der Waals surface area contributed by atoms with Gasteiger partial charge in [0.15, 0.2) is 13.3 Å². The Hall–Kier alpha value is -1.24. The van der Waals surface area contributed by atoms with Crippen LogP contribution in [0.3, 0.4) is 0 Å². The molecule has 0 rings (SSSR count). The van der Waals surface area contributed by atoms with Crippen LogP contribution in [0, 0.1) is 0 Å². The summed E-state index contributed by atoms with van der Waals surface area (Å²) in [6, 6.07) is 0. The first-order chi connectivity index (χ1) is 14.1. The van der Waals surface area contributed by atoms with Crippen molar-refractivity contribution < 1.29 is 84.8 Å². The summed E-state index contributed by atoms with van der Waals surface area (Å²) in [5.41, 5.74) is 0. The van der Waals surface area contributed by atoms with Crippen LogP contribution in [0.25, 0.3) is 0 Å². The van der Waals surface area contributed by atoms with Gasteiger partial charge < -0.3 is 14.6 Å². The second kappa shape index (κ2) is 9.94. The number of hydrogen-bond donors (Lipinski definition) is 1. The topological polar surface area (TPSA) is 38.7 Å². The molecule has 0 aliphatic heterocycles. The fourth-order valence-electron chi connectivity index (χ4n) is 1.59. The molecule has 0 bridgehead atoms. The number of ether oxygens (including phenoxy) is 2. The van der Waals surface area contributed by atoms with Gasteiger partial charge in [0.2, 0.25) is 0 Å². The van der Waals surface area contributed by atoms with Gasteiger partial charge in [0, 0.05) is 0 Å². The van der Waals surface area contributed by atoms with Gasteiger partial charge in [0.25, 0.3) is 12.7 Å². The van der Waals surface area contributed by atoms with E-state index >= 15 is 0 Å². The summed E-state index contributed by atoms with van der Waals surface area (Å²) in [5.74, 6) is -38.4. The molecule has 0 amide bonds. The van der Waals surface area contributed by atoms with Gasteiger partial charge >= 0.3 is 35.5 Å². The lowest BCUT2D eigenvalue weighted by Gasteiger charge is -2.33. The van der Waals surface area contributed by atoms with Crippen molar-refractivity contribution in [2.24, 2.45) is 0 Å². The Bertz CT molecular complexity index is 548. The third-order valence-electron chi connectivity index (χ3n) is 3.53. The van der Waals surface area contributed by atoms with E-state index in [-0.39, 0.29) is 0 Å². The minimum Gasteiger partial charge on any atom is -0.388 e. The Kier molecular flexibility index (Phi) is 9.56. The van der Waals surface area contributed by atoms with E-state index in [1.165, 1.54) is 0 Å². The van der Waals surface area contributed by atoms with Crippen LogP contribution in [-0.2, 0) is 9.47 Å². The molecule has 32 heavy (non-hydrogen) atoms. The summed E-state index contributed by atoms with van der Waals surface area (Å²) in [4.78, 5) is 0. The van der Waals surface area contributed by atoms with E-state index in [9.17, 15) is 70.2 Å². The Labute approximate surface area is 167 Å². The third-order valence-corrected chi connectivity index (χ3v) is 3.53. The fourth-order valence-corrected chi connectivity index (χ4v) is 1.59. The van der Waals surface area contributed by atoms with Crippen LogP contribution in [0.5, 0.6) is 0 Å². The Balaban J connectivity index is 5.04. The molecule has 0 saturated carbocycles. The van der Waals surface area contributed by atoms with Crippen molar-refractivity contribution in [1.29, 1.82) is 0 Å². The molecular formula is C13H12F16O3. The molecule has 0 radical (unpaired) electrons. The highest BCUT2D eigenvalue weighted by atomic mass is 19.4. The van der Waals surface area contributed by atoms with Crippen molar-refractivity contribution in [2.75, 3.05) is 26.6 Å². The van der Waals surface area contributed by atoms with E-state index in [2.05, 4.69) is 9.47 Å². The quantitative estimate of drug-likeness (QED) is 0.337. The maximum absolute atomic E-state index is 13.1. The first-order valence-corrected chi connectivity index (χ1v) is 7.65. The lowest BCUT2D eigenvalue weighted by Crippen LogP contribution is -2.60. The van der Waals surface area contributed by atoms with Gasteiger partial charge in [-0.2, -0.15) is 52.7 Å². The van der Waals surface area contributed by atoms with Gasteiger partial charge in [0.05, 0.1) is 13.2 Å². The van der Waals surface area contributed by atoms with Crippen LogP contribution in [-0.4, -0.2) is 86.0 Å². The molecule has 194 valence electrons. The summed E-state index contributed by atoms with van der Waals surface area (Å²) < 4.78 is 211. The van der Waals surface area contributed by atoms with E-state index in [0.29, 0.717) is 0 Å². The number of hydrogen-bond acceptors (Lipinski definition) is 3. The lowest BCUT2D eigenvalue weighted by molar-refractivity contribution is -0.361. The highest BCUT2D eigenvalue weighted by Crippen LogP contribution is 2.49. The third kappa shape index (κ3) is 5.63. The van der Waals surface area contributed by atoms with Gasteiger partial charge in [-0.1, -0.05) is 0 Å². The second-order valence-electron chi connectivity index (χ2n) is 6.02. The average Bonchev–Trinajstić information content (AvgIpc) is 2.68. The molecule has 0 aromatic rings. The smallest absolute Gasteiger partial charge is 0.380 e. The number of alkyl halides is 16. The van der Waals surface area contributed by atoms with Crippen LogP contribution in [0.2, 0.25) is 0 Å². The van der Waals surface area contributed by atoms with Crippen LogP contribution in [0.15, 0.2) is 0 Å². The van der Waals surface area contributed by atoms with E-state index in [4.69, 9.17) is 5.11 Å². The highest BCUT2D eigenvalue weighted by molar-refractivity contribution is 4.99. The normalized spacial score (nSPS) is 17.1. The Morgan fingerprint density at radius 2 is 0.812 bits per heavy atom. The van der Waals surface area contributed by atoms with Gasteiger partial charge in [-0.25, -0.2) is 17.6 Å². The molecule has 0 unspecified atom stereocenters. The molecule has 3 nitrogen and oxygen atoms in total. The molecule has 0 spiro atoms. The second-order valence-corrected chi connectivity index (χ2v) is 6.02. The van der Waals surface area contributed by atoms with E-state index in [0.717, 1.165) is 0 Å². The zero-order valence-electron chi connectivity index (χ0n) is 14.9. The van der Waals surface area contributed by atoms with Crippen LogP contribution >= 0.6 is 0 Å². The molecule has 0 saturated heterocycles. The zero-order chi connectivity index (χ0) is 26.0. The van der Waals surface area contributed by atoms with Crippen molar-refractivity contribution in [3.63, 3.8) is 0 Å². The average molecular weight is 520 g/mol. The van der Waals surface area contributed by atoms with Crippen molar-refractivity contribution in [1.82, 2.24) is 0 Å². The highest BCUT2D eigenvalue weighted by Gasteiger charge is 2.76. The monoisotopic (exact) mass is 520 g/mol. The minimum absolute atomic E-state index is 2.04. The molecule has 0 aromatic heterocycles. The summed E-state index contributed by atoms with van der Waals surface area (Å²) in [7, 11) is 0. The van der Waals surface area contributed by atoms with Gasteiger partial charge in [-0.15, -0.1) is 0 Å². The molecule has 2 atom stereocenters. The molecular weight excluding hydrogens is 508 g/mol. The molecule has 0 aromatic carbocycles. The SMILES string of the molecule is OC(CO[C@H](F)C(F)(F)C(F)(F)C(F)(F)CF)CO[C@H](F)C(F)(F)C(F)(F)C(F)(F)CF. The van der Waals surface area contributed by atoms with E-state index in [1.807, 2.05) is 0 Å². The predicted octanol–water partition coefficient (Wildman–Crippen LogP) is 4.72. The van der Waals surface area contributed by atoms with Crippen LogP contribution in [0.1, 0.15) is 0 Å². The molecule has 1 N–H and O–H groups in total. The zero-order valence-corrected chi connectivity index (χ0v) is 14.9. The number of aliphatic hydroxyl groups is 1. The first kappa shape index (κ1) is 30.8. The van der Waals surface area contributed by atoms with Crippen LogP contribution < -0.4 is 0 Å². The first-order valence-electron chi connectivity index (χ1n) is 7.65. The maximum Gasteiger partial charge on any atom is 0.380 e. The van der Waals surface area contributed by atoms with Gasteiger partial charge in [0.1, 0.15) is 6.10 Å². The summed E-state index contributed by atoms with van der Waals surface area (Å²) in [6.45, 7) is -10.8. The molecule has 19 heteroatoms. The largest absolute Gasteiger partial charge is 0.388 e. The fraction of sp³-hybridized carbons (Fsp3) is 1.00. The number of rotatable bonds is 14. The predicted molar refractivity (Wildman–Crippen MR) is 69.3 cm³/mol. The summed E-state index contributed by atoms with van der Waals surface area (Å²) >= 11 is 0. The van der Waals surface area contributed by atoms with Crippen molar-refractivity contribution >= 4 is 0 Å². The Morgan fingerprint density at radius 1 is 0.562 bits per heavy atom. The van der Waals surface area contributed by atoms with E-state index in [1.54, 1.807) is 0 Å². The number of aliphatic hydroxyl groups excluding tert-OH is 1. The maximum atomic E-state index is 13.1. The molecule has 0 fully saturated rings. The number of halogens is 16. The standard InChI is InChI=1S/C13H12F16O3/c14-3-8(18,19)12(26,27)10(22,23)6(16)31-1-5(30)2-32-7(17)11(24,25)13(28,29)9(20,21)4-15/h5-7,30H,1-4H2/t6-,7-/m0/s1. The molecule has 0 aliphatic rings. The summed E-state index contributed by atoms with van der Waals surface area (Å²) in [5, 5.41) is 9.03. The van der Waals surface area contributed by atoms with Crippen LogP contribution in [0.4, 0.5) is 70.2 Å². The Morgan fingerprint density at radius 3 is 1.03 bits per heavy atom. The molecule has 0 aliphatic carbocycles. The van der Waals surface area contributed by atoms with Gasteiger partial charge in [-0.3, -0.25) is 0 Å². The van der Waals surface area contributed by atoms with Crippen molar-refractivity contribution in [3.05, 3.63) is 0 Å². The minimum atomic E-state index is -6.69.